The summed E-state index contributed by atoms with van der Waals surface area (Å²) in [7, 11) is 1.27. The van der Waals surface area contributed by atoms with Gasteiger partial charge in [0.25, 0.3) is 0 Å². The highest BCUT2D eigenvalue weighted by Crippen LogP contribution is 2.43. The second kappa shape index (κ2) is 17.8. The van der Waals surface area contributed by atoms with Crippen LogP contribution in [-0.2, 0) is 39.8 Å². The van der Waals surface area contributed by atoms with E-state index in [1.165, 1.54) is 7.11 Å². The number of nitrogens with one attached hydrogen (secondary N) is 2. The van der Waals surface area contributed by atoms with E-state index < -0.39 is 17.9 Å². The van der Waals surface area contributed by atoms with Crippen molar-refractivity contribution in [2.45, 2.75) is 33.2 Å². The van der Waals surface area contributed by atoms with Gasteiger partial charge in [0.2, 0.25) is 0 Å². The molecule has 1 aliphatic rings. The molecule has 12 heteroatoms. The molecule has 0 amide bonds. The van der Waals surface area contributed by atoms with Gasteiger partial charge in [-0.15, -0.1) is 0 Å². The first-order valence-corrected chi connectivity index (χ1v) is 15.0. The predicted octanol–water partition coefficient (Wildman–Crippen LogP) is 4.94. The molecule has 0 bridgehead atoms. The summed E-state index contributed by atoms with van der Waals surface area (Å²) in [5.74, 6) is -2.46. The van der Waals surface area contributed by atoms with E-state index >= 15 is 0 Å². The molecule has 44 heavy (non-hydrogen) atoms. The molecule has 1 unspecified atom stereocenters. The van der Waals surface area contributed by atoms with Crippen molar-refractivity contribution in [2.24, 2.45) is 0 Å². The molecule has 1 atom stereocenters. The number of allylic oxidation sites excluding steroid dienone is 1. The topological polar surface area (TPSA) is 121 Å². The third-order valence-corrected chi connectivity index (χ3v) is 7.51. The fraction of sp³-hybridized carbons (Fsp3) is 0.406. The van der Waals surface area contributed by atoms with Gasteiger partial charge in [-0.05, 0) is 50.1 Å². The van der Waals surface area contributed by atoms with Crippen molar-refractivity contribution in [1.82, 2.24) is 10.6 Å². The van der Waals surface area contributed by atoms with E-state index in [2.05, 4.69) is 10.6 Å². The third kappa shape index (κ3) is 9.30. The number of dihydropyridines is 1. The maximum atomic E-state index is 13.3. The second-order valence-corrected chi connectivity index (χ2v) is 10.4. The van der Waals surface area contributed by atoms with Crippen molar-refractivity contribution in [3.8, 4) is 0 Å². The minimum Gasteiger partial charge on any atom is -0.466 e. The van der Waals surface area contributed by atoms with Crippen LogP contribution in [0.4, 0.5) is 0 Å². The van der Waals surface area contributed by atoms with E-state index in [0.29, 0.717) is 55.4 Å². The lowest BCUT2D eigenvalue weighted by molar-refractivity contribution is -0.139. The molecule has 10 nitrogen and oxygen atoms in total. The molecule has 0 saturated heterocycles. The summed E-state index contributed by atoms with van der Waals surface area (Å²) in [4.78, 5) is 37.9. The summed E-state index contributed by atoms with van der Waals surface area (Å²) in [6.45, 7) is 7.95. The van der Waals surface area contributed by atoms with Crippen LogP contribution < -0.4 is 10.6 Å². The van der Waals surface area contributed by atoms with Crippen LogP contribution in [0.25, 0.3) is 0 Å². The zero-order chi connectivity index (χ0) is 32.1. The molecule has 1 heterocycles. The first-order chi connectivity index (χ1) is 21.2. The second-order valence-electron chi connectivity index (χ2n) is 9.60. The van der Waals surface area contributed by atoms with Crippen molar-refractivity contribution in [1.29, 1.82) is 0 Å². The predicted molar refractivity (Wildman–Crippen MR) is 166 cm³/mol. The van der Waals surface area contributed by atoms with Gasteiger partial charge in [-0.1, -0.05) is 47.5 Å². The number of benzene rings is 2. The Hall–Kier alpha value is -3.41. The van der Waals surface area contributed by atoms with Crippen LogP contribution in [0.15, 0.2) is 65.0 Å². The summed E-state index contributed by atoms with van der Waals surface area (Å²) in [6, 6.07) is 12.3. The van der Waals surface area contributed by atoms with Gasteiger partial charge in [0.15, 0.2) is 0 Å². The Bertz CT molecular complexity index is 1370. The van der Waals surface area contributed by atoms with E-state index in [4.69, 9.17) is 46.9 Å². The number of hydrogen-bond donors (Lipinski definition) is 2. The molecule has 0 fully saturated rings. The maximum Gasteiger partial charge on any atom is 0.338 e. The van der Waals surface area contributed by atoms with Gasteiger partial charge in [0, 0.05) is 18.8 Å². The largest absolute Gasteiger partial charge is 0.466 e. The molecule has 238 valence electrons. The van der Waals surface area contributed by atoms with Gasteiger partial charge in [-0.2, -0.15) is 0 Å². The van der Waals surface area contributed by atoms with E-state index in [-0.39, 0.29) is 47.0 Å². The molecular weight excluding hydrogens is 611 g/mol. The molecule has 2 aromatic rings. The first kappa shape index (κ1) is 35.1. The Morgan fingerprint density at radius 2 is 1.55 bits per heavy atom. The Kier molecular flexibility index (Phi) is 14.2. The highest BCUT2D eigenvalue weighted by Gasteiger charge is 2.40. The lowest BCUT2D eigenvalue weighted by Gasteiger charge is -2.31. The van der Waals surface area contributed by atoms with E-state index in [0.717, 1.165) is 5.56 Å². The van der Waals surface area contributed by atoms with Gasteiger partial charge in [-0.3, -0.25) is 0 Å². The van der Waals surface area contributed by atoms with Gasteiger partial charge < -0.3 is 34.3 Å². The Labute approximate surface area is 267 Å². The zero-order valence-electron chi connectivity index (χ0n) is 25.3. The third-order valence-electron chi connectivity index (χ3n) is 6.67. The van der Waals surface area contributed by atoms with Crippen LogP contribution in [0.1, 0.15) is 48.2 Å². The number of rotatable bonds is 16. The van der Waals surface area contributed by atoms with E-state index in [1.807, 2.05) is 12.1 Å². The van der Waals surface area contributed by atoms with Crippen LogP contribution >= 0.6 is 23.2 Å². The Balaban J connectivity index is 1.58. The average Bonchev–Trinajstić information content (AvgIpc) is 3.01. The number of carbonyl (C=O) groups is 3. The molecular formula is C32H38Cl2N2O8. The number of ether oxygens (including phenoxy) is 5. The van der Waals surface area contributed by atoms with Crippen LogP contribution in [0.3, 0.4) is 0 Å². The van der Waals surface area contributed by atoms with Crippen molar-refractivity contribution in [3.05, 3.63) is 91.7 Å². The Morgan fingerprint density at radius 3 is 2.23 bits per heavy atom. The van der Waals surface area contributed by atoms with Crippen LogP contribution in [-0.4, -0.2) is 71.2 Å². The number of carbonyl (C=O) groups excluding carboxylic acids is 3. The lowest BCUT2D eigenvalue weighted by Crippen LogP contribution is -2.35. The zero-order valence-corrected chi connectivity index (χ0v) is 26.8. The Morgan fingerprint density at radius 1 is 0.864 bits per heavy atom. The monoisotopic (exact) mass is 648 g/mol. The molecule has 0 aromatic heterocycles. The van der Waals surface area contributed by atoms with Gasteiger partial charge in [-0.25, -0.2) is 14.4 Å². The molecule has 0 saturated carbocycles. The fourth-order valence-electron chi connectivity index (χ4n) is 4.64. The highest BCUT2D eigenvalue weighted by atomic mass is 35.5. The number of methoxy groups -OCH3 is 1. The number of hydrogen-bond acceptors (Lipinski definition) is 10. The fourth-order valence-corrected chi connectivity index (χ4v) is 5.06. The SMILES string of the molecule is CCOC(=O)C1=C(COCCOCCNCc2ccc(C(=O)OCC)cc2)NC(C)=C(C(=O)OC)C1c1cccc(Cl)c1Cl. The van der Waals surface area contributed by atoms with Gasteiger partial charge in [0.05, 0.1) is 85.1 Å². The summed E-state index contributed by atoms with van der Waals surface area (Å²) in [5.41, 5.74) is 3.34. The highest BCUT2D eigenvalue weighted by molar-refractivity contribution is 6.42. The van der Waals surface area contributed by atoms with E-state index in [1.54, 1.807) is 51.1 Å². The standard InChI is InChI=1S/C32H38Cl2N2O8/c1-5-43-30(37)22-12-10-21(11-13-22)18-35-14-15-41-16-17-42-19-25-28(32(39)44-6-2)27(23-8-7-9-24(33)29(23)34)26(20(3)36-25)31(38)40-4/h7-13,27,35-36H,5-6,14-19H2,1-4H3. The number of esters is 3. The normalized spacial score (nSPS) is 14.7. The minimum atomic E-state index is -0.892. The molecule has 0 radical (unpaired) electrons. The summed E-state index contributed by atoms with van der Waals surface area (Å²) in [5, 5.41) is 6.92. The quantitative estimate of drug-likeness (QED) is 0.147. The summed E-state index contributed by atoms with van der Waals surface area (Å²) >= 11 is 12.9. The smallest absolute Gasteiger partial charge is 0.338 e. The van der Waals surface area contributed by atoms with E-state index in [9.17, 15) is 14.4 Å². The number of halogens is 2. The molecule has 1 aliphatic heterocycles. The molecule has 2 aromatic carbocycles. The van der Waals surface area contributed by atoms with Crippen LogP contribution in [0, 0.1) is 0 Å². The van der Waals surface area contributed by atoms with Crippen LogP contribution in [0.5, 0.6) is 0 Å². The van der Waals surface area contributed by atoms with Crippen molar-refractivity contribution in [3.63, 3.8) is 0 Å². The first-order valence-electron chi connectivity index (χ1n) is 14.3. The summed E-state index contributed by atoms with van der Waals surface area (Å²) < 4.78 is 27.0. The van der Waals surface area contributed by atoms with Crippen molar-refractivity contribution >= 4 is 41.1 Å². The average molecular weight is 650 g/mol. The summed E-state index contributed by atoms with van der Waals surface area (Å²) in [6.07, 6.45) is 0. The van der Waals surface area contributed by atoms with Gasteiger partial charge in [0.1, 0.15) is 0 Å². The molecule has 2 N–H and O–H groups in total. The molecule has 0 spiro atoms. The molecule has 3 rings (SSSR count). The van der Waals surface area contributed by atoms with Gasteiger partial charge >= 0.3 is 17.9 Å². The van der Waals surface area contributed by atoms with Crippen molar-refractivity contribution in [2.75, 3.05) is 53.3 Å². The lowest BCUT2D eigenvalue weighted by atomic mass is 9.80. The van der Waals surface area contributed by atoms with Crippen LogP contribution in [0.2, 0.25) is 10.0 Å². The molecule has 0 aliphatic carbocycles. The minimum absolute atomic E-state index is 0.0258. The van der Waals surface area contributed by atoms with Crippen molar-refractivity contribution < 1.29 is 38.1 Å². The maximum absolute atomic E-state index is 13.3.